The minimum absolute atomic E-state index is 0.284. The zero-order valence-corrected chi connectivity index (χ0v) is 12.0. The fourth-order valence-electron chi connectivity index (χ4n) is 3.00. The number of carbonyl (C=O) groups is 1. The molecule has 0 aliphatic heterocycles. The van der Waals surface area contributed by atoms with Crippen molar-refractivity contribution in [2.75, 3.05) is 7.11 Å². The summed E-state index contributed by atoms with van der Waals surface area (Å²) in [5.41, 5.74) is -2.28. The Bertz CT molecular complexity index is 500. The van der Waals surface area contributed by atoms with Crippen LogP contribution in [0.1, 0.15) is 54.4 Å². The van der Waals surface area contributed by atoms with Gasteiger partial charge in [0.05, 0.1) is 5.56 Å². The molecule has 1 aromatic rings. The number of halogens is 3. The average molecular weight is 300 g/mol. The van der Waals surface area contributed by atoms with Gasteiger partial charge in [0.2, 0.25) is 0 Å². The van der Waals surface area contributed by atoms with Crippen molar-refractivity contribution in [3.8, 4) is 0 Å². The van der Waals surface area contributed by atoms with Gasteiger partial charge in [0, 0.05) is 12.7 Å². The van der Waals surface area contributed by atoms with Gasteiger partial charge < -0.3 is 4.74 Å². The van der Waals surface area contributed by atoms with Gasteiger partial charge in [-0.3, -0.25) is 4.79 Å². The minimum Gasteiger partial charge on any atom is -0.370 e. The van der Waals surface area contributed by atoms with Crippen LogP contribution in [-0.2, 0) is 10.9 Å². The van der Waals surface area contributed by atoms with Gasteiger partial charge in [0.15, 0.2) is 5.78 Å². The van der Waals surface area contributed by atoms with Gasteiger partial charge >= 0.3 is 6.18 Å². The summed E-state index contributed by atoms with van der Waals surface area (Å²) in [6.45, 7) is 0. The normalized spacial score (nSPS) is 19.0. The van der Waals surface area contributed by atoms with Crippen molar-refractivity contribution in [3.63, 3.8) is 0 Å². The van der Waals surface area contributed by atoms with Gasteiger partial charge in [-0.15, -0.1) is 0 Å². The molecule has 0 saturated heterocycles. The molecule has 1 saturated carbocycles. The lowest BCUT2D eigenvalue weighted by atomic mass is 9.84. The fraction of sp³-hybridized carbons (Fsp3) is 0.562. The maximum absolute atomic E-state index is 13.1. The minimum atomic E-state index is -4.54. The highest BCUT2D eigenvalue weighted by Crippen LogP contribution is 2.37. The van der Waals surface area contributed by atoms with Gasteiger partial charge in [0.1, 0.15) is 5.60 Å². The molecule has 0 spiro atoms. The zero-order chi connectivity index (χ0) is 15.5. The highest BCUT2D eigenvalue weighted by atomic mass is 19.4. The van der Waals surface area contributed by atoms with Crippen LogP contribution in [0.25, 0.3) is 0 Å². The Morgan fingerprint density at radius 1 is 1.10 bits per heavy atom. The zero-order valence-electron chi connectivity index (χ0n) is 12.0. The van der Waals surface area contributed by atoms with Crippen molar-refractivity contribution in [1.29, 1.82) is 0 Å². The van der Waals surface area contributed by atoms with Crippen molar-refractivity contribution < 1.29 is 22.7 Å². The first-order chi connectivity index (χ1) is 9.91. The maximum Gasteiger partial charge on any atom is 0.417 e. The van der Waals surface area contributed by atoms with E-state index < -0.39 is 23.1 Å². The van der Waals surface area contributed by atoms with Crippen LogP contribution in [0.5, 0.6) is 0 Å². The molecule has 0 radical (unpaired) electrons. The van der Waals surface area contributed by atoms with E-state index in [-0.39, 0.29) is 5.56 Å². The molecule has 0 bridgehead atoms. The van der Waals surface area contributed by atoms with E-state index in [0.717, 1.165) is 31.7 Å². The van der Waals surface area contributed by atoms with Crippen molar-refractivity contribution in [1.82, 2.24) is 0 Å². The number of ether oxygens (including phenoxy) is 1. The number of ketones is 1. The van der Waals surface area contributed by atoms with E-state index in [9.17, 15) is 18.0 Å². The molecule has 0 unspecified atom stereocenters. The predicted octanol–water partition coefficient (Wildman–Crippen LogP) is 4.63. The molecule has 1 aliphatic rings. The first-order valence-corrected chi connectivity index (χ1v) is 7.17. The molecule has 1 fully saturated rings. The molecule has 1 aromatic carbocycles. The summed E-state index contributed by atoms with van der Waals surface area (Å²) < 4.78 is 44.7. The van der Waals surface area contributed by atoms with Gasteiger partial charge in [-0.25, -0.2) is 0 Å². The summed E-state index contributed by atoms with van der Waals surface area (Å²) in [7, 11) is 1.42. The molecule has 2 nitrogen and oxygen atoms in total. The van der Waals surface area contributed by atoms with Crippen LogP contribution in [0.3, 0.4) is 0 Å². The maximum atomic E-state index is 13.1. The standard InChI is InChI=1S/C16H19F3O2/c1-21-15(10-6-2-3-7-11-15)14(20)12-8-4-5-9-13(12)16(17,18)19/h4-5,8-9H,2-3,6-7,10-11H2,1H3. The third-order valence-corrected chi connectivity index (χ3v) is 4.19. The molecule has 0 N–H and O–H groups in total. The quantitative estimate of drug-likeness (QED) is 0.601. The summed E-state index contributed by atoms with van der Waals surface area (Å²) >= 11 is 0. The highest BCUT2D eigenvalue weighted by molar-refractivity contribution is 6.03. The summed E-state index contributed by atoms with van der Waals surface area (Å²) in [6, 6.07) is 4.96. The Kier molecular flexibility index (Phi) is 4.71. The van der Waals surface area contributed by atoms with Gasteiger partial charge in [-0.2, -0.15) is 13.2 Å². The third-order valence-electron chi connectivity index (χ3n) is 4.19. The number of Topliss-reactive ketones (excluding diaryl/α,β-unsaturated/α-hetero) is 1. The van der Waals surface area contributed by atoms with Gasteiger partial charge in [0.25, 0.3) is 0 Å². The SMILES string of the molecule is COC1(C(=O)c2ccccc2C(F)(F)F)CCCCCC1. The first kappa shape index (κ1) is 16.0. The largest absolute Gasteiger partial charge is 0.417 e. The van der Waals surface area contributed by atoms with E-state index in [1.165, 1.54) is 25.3 Å². The number of benzene rings is 1. The smallest absolute Gasteiger partial charge is 0.370 e. The molecule has 2 rings (SSSR count). The van der Waals surface area contributed by atoms with E-state index >= 15 is 0 Å². The molecule has 0 atom stereocenters. The van der Waals surface area contributed by atoms with Crippen LogP contribution in [0.2, 0.25) is 0 Å². The lowest BCUT2D eigenvalue weighted by Crippen LogP contribution is -2.41. The van der Waals surface area contributed by atoms with Crippen LogP contribution in [-0.4, -0.2) is 18.5 Å². The molecule has 116 valence electrons. The van der Waals surface area contributed by atoms with E-state index in [1.54, 1.807) is 0 Å². The van der Waals surface area contributed by atoms with E-state index in [1.807, 2.05) is 0 Å². The summed E-state index contributed by atoms with van der Waals surface area (Å²) in [5, 5.41) is 0. The molecule has 5 heteroatoms. The van der Waals surface area contributed by atoms with Crippen molar-refractivity contribution in [2.24, 2.45) is 0 Å². The van der Waals surface area contributed by atoms with Crippen molar-refractivity contribution in [2.45, 2.75) is 50.3 Å². The van der Waals surface area contributed by atoms with Crippen LogP contribution in [0.4, 0.5) is 13.2 Å². The highest BCUT2D eigenvalue weighted by Gasteiger charge is 2.43. The molecular weight excluding hydrogens is 281 g/mol. The van der Waals surface area contributed by atoms with E-state index in [2.05, 4.69) is 0 Å². The number of hydrogen-bond acceptors (Lipinski definition) is 2. The Balaban J connectivity index is 2.43. The second-order valence-electron chi connectivity index (χ2n) is 5.49. The Hall–Kier alpha value is -1.36. The average Bonchev–Trinajstić information content (AvgIpc) is 2.72. The van der Waals surface area contributed by atoms with Gasteiger partial charge in [-0.05, 0) is 18.9 Å². The second-order valence-corrected chi connectivity index (χ2v) is 5.49. The molecule has 0 aromatic heterocycles. The topological polar surface area (TPSA) is 26.3 Å². The van der Waals surface area contributed by atoms with E-state index in [0.29, 0.717) is 12.8 Å². The van der Waals surface area contributed by atoms with Crippen LogP contribution >= 0.6 is 0 Å². The molecular formula is C16H19F3O2. The first-order valence-electron chi connectivity index (χ1n) is 7.17. The fourth-order valence-corrected chi connectivity index (χ4v) is 3.00. The lowest BCUT2D eigenvalue weighted by molar-refractivity contribution is -0.138. The predicted molar refractivity (Wildman–Crippen MR) is 73.2 cm³/mol. The Labute approximate surface area is 122 Å². The molecule has 0 amide bonds. The van der Waals surface area contributed by atoms with E-state index in [4.69, 9.17) is 4.74 Å². The van der Waals surface area contributed by atoms with Crippen LogP contribution < -0.4 is 0 Å². The Morgan fingerprint density at radius 3 is 2.19 bits per heavy atom. The van der Waals surface area contributed by atoms with Crippen molar-refractivity contribution in [3.05, 3.63) is 35.4 Å². The number of carbonyl (C=O) groups excluding carboxylic acids is 1. The van der Waals surface area contributed by atoms with Gasteiger partial charge in [-0.1, -0.05) is 43.9 Å². The molecule has 0 heterocycles. The number of hydrogen-bond donors (Lipinski definition) is 0. The lowest BCUT2D eigenvalue weighted by Gasteiger charge is -2.30. The number of alkyl halides is 3. The van der Waals surface area contributed by atoms with Crippen molar-refractivity contribution >= 4 is 5.78 Å². The Morgan fingerprint density at radius 2 is 1.67 bits per heavy atom. The second kappa shape index (κ2) is 6.18. The monoisotopic (exact) mass is 300 g/mol. The summed E-state index contributed by atoms with van der Waals surface area (Å²) in [4.78, 5) is 12.7. The molecule has 21 heavy (non-hydrogen) atoms. The summed E-state index contributed by atoms with van der Waals surface area (Å²) in [6.07, 6.45) is -0.00485. The molecule has 1 aliphatic carbocycles. The number of rotatable bonds is 3. The summed E-state index contributed by atoms with van der Waals surface area (Å²) in [5.74, 6) is -0.542. The third kappa shape index (κ3) is 3.28. The van der Waals surface area contributed by atoms with Crippen LogP contribution in [0.15, 0.2) is 24.3 Å². The van der Waals surface area contributed by atoms with Crippen LogP contribution in [0, 0.1) is 0 Å². The number of methoxy groups -OCH3 is 1.